The van der Waals surface area contributed by atoms with Crippen LogP contribution in [0, 0.1) is 0 Å². The largest absolute Gasteiger partial charge is 0.758 e. The first-order valence-electron chi connectivity index (χ1n) is 9.54. The van der Waals surface area contributed by atoms with Gasteiger partial charge in [-0.25, -0.2) is 0 Å². The quantitative estimate of drug-likeness (QED) is 0.188. The van der Waals surface area contributed by atoms with Crippen molar-refractivity contribution in [3.63, 3.8) is 0 Å². The van der Waals surface area contributed by atoms with Gasteiger partial charge in [0.2, 0.25) is 11.8 Å². The van der Waals surface area contributed by atoms with Crippen molar-refractivity contribution in [2.45, 2.75) is 25.9 Å². The summed E-state index contributed by atoms with van der Waals surface area (Å²) in [7, 11) is 3.95. The van der Waals surface area contributed by atoms with Crippen LogP contribution in [-0.4, -0.2) is 24.9 Å². The van der Waals surface area contributed by atoms with Crippen LogP contribution < -0.4 is 9.47 Å². The van der Waals surface area contributed by atoms with E-state index in [1.165, 1.54) is 5.56 Å². The topological polar surface area (TPSA) is 49.7 Å². The molecule has 3 rings (SSSR count). The lowest BCUT2D eigenvalue weighted by molar-refractivity contribution is -0.691. The molecular weight excluding hydrogens is 382 g/mol. The second-order valence-electron chi connectivity index (χ2n) is 6.95. The van der Waals surface area contributed by atoms with Gasteiger partial charge < -0.3 is 26.9 Å². The van der Waals surface area contributed by atoms with Crippen LogP contribution in [0.15, 0.2) is 76.6 Å². The molecule has 2 heterocycles. The van der Waals surface area contributed by atoms with Gasteiger partial charge in [0, 0.05) is 37.5 Å². The normalized spacial score (nSPS) is 12.6. The third-order valence-electron chi connectivity index (χ3n) is 4.75. The van der Waals surface area contributed by atoms with Crippen molar-refractivity contribution in [3.8, 4) is 0 Å². The van der Waals surface area contributed by atoms with Crippen molar-refractivity contribution in [1.29, 1.82) is 0 Å². The molecule has 29 heavy (non-hydrogen) atoms. The van der Waals surface area contributed by atoms with Gasteiger partial charge in [0.05, 0.1) is 12.8 Å². The van der Waals surface area contributed by atoms with E-state index in [4.69, 9.17) is 17.0 Å². The molecule has 1 aromatic carbocycles. The van der Waals surface area contributed by atoms with Crippen molar-refractivity contribution in [2.24, 2.45) is 4.99 Å². The van der Waals surface area contributed by atoms with Gasteiger partial charge in [0.15, 0.2) is 12.4 Å². The highest BCUT2D eigenvalue weighted by Crippen LogP contribution is 2.15. The molecule has 0 fully saturated rings. The molecule has 5 nitrogen and oxygen atoms in total. The van der Waals surface area contributed by atoms with E-state index in [1.54, 1.807) is 12.3 Å². The van der Waals surface area contributed by atoms with Crippen molar-refractivity contribution < 1.29 is 13.8 Å². The van der Waals surface area contributed by atoms with Crippen LogP contribution in [0.3, 0.4) is 0 Å². The lowest BCUT2D eigenvalue weighted by Crippen LogP contribution is -2.47. The number of hydrogen-bond donors (Lipinski definition) is 0. The summed E-state index contributed by atoms with van der Waals surface area (Å²) in [5, 5.41) is 0.327. The molecule has 0 unspecified atom stereocenters. The van der Waals surface area contributed by atoms with Gasteiger partial charge in [-0.3, -0.25) is 4.79 Å². The van der Waals surface area contributed by atoms with Crippen LogP contribution in [0.5, 0.6) is 0 Å². The van der Waals surface area contributed by atoms with Gasteiger partial charge in [0.1, 0.15) is 5.76 Å². The molecule has 0 spiro atoms. The number of pyridine rings is 1. The molecule has 0 bridgehead atoms. The van der Waals surface area contributed by atoms with Crippen LogP contribution in [0.1, 0.15) is 34.6 Å². The Hall–Kier alpha value is -2.99. The molecule has 0 saturated heterocycles. The Morgan fingerprint density at radius 1 is 1.14 bits per heavy atom. The number of aryl methyl sites for hydroxylation is 1. The molecule has 0 aliphatic rings. The van der Waals surface area contributed by atoms with E-state index in [9.17, 15) is 4.79 Å². The lowest BCUT2D eigenvalue weighted by atomic mass is 10.0. The van der Waals surface area contributed by atoms with Crippen molar-refractivity contribution >= 4 is 29.1 Å². The minimum absolute atomic E-state index is 0.0801. The van der Waals surface area contributed by atoms with Crippen LogP contribution in [0.25, 0.3) is 0 Å². The van der Waals surface area contributed by atoms with E-state index in [-0.39, 0.29) is 5.78 Å². The number of ketones is 1. The van der Waals surface area contributed by atoms with Crippen LogP contribution in [0.2, 0.25) is 0 Å². The first-order valence-corrected chi connectivity index (χ1v) is 9.95. The molecule has 0 radical (unpaired) electrons. The lowest BCUT2D eigenvalue weighted by Gasteiger charge is -2.19. The first kappa shape index (κ1) is 20.7. The summed E-state index contributed by atoms with van der Waals surface area (Å²) in [6.45, 7) is 2.39. The molecule has 0 amide bonds. The molecule has 6 heteroatoms. The Kier molecular flexibility index (Phi) is 6.77. The minimum atomic E-state index is -0.691. The van der Waals surface area contributed by atoms with Crippen LogP contribution >= 0.6 is 0 Å². The number of carbonyl (C=O) groups excluding carboxylic acids is 1. The maximum atomic E-state index is 13.4. The maximum Gasteiger partial charge on any atom is 0.237 e. The predicted octanol–water partition coefficient (Wildman–Crippen LogP) is 3.77. The average Bonchev–Trinajstić information content (AvgIpc) is 3.26. The summed E-state index contributed by atoms with van der Waals surface area (Å²) in [5.41, 5.74) is 2.84. The van der Waals surface area contributed by atoms with E-state index in [0.717, 1.165) is 12.1 Å². The number of hydrogen-bond acceptors (Lipinski definition) is 5. The number of carbonyl (C=O) groups is 1. The Labute approximate surface area is 177 Å². The van der Waals surface area contributed by atoms with Gasteiger partial charge in [-0.05, 0) is 29.2 Å². The highest BCUT2D eigenvalue weighted by Gasteiger charge is 2.28. The number of rotatable bonds is 8. The number of aliphatic imine (C=N–C) groups is 1. The second-order valence-corrected chi connectivity index (χ2v) is 7.37. The number of furan rings is 1. The second kappa shape index (κ2) is 9.47. The molecule has 3 aromatic rings. The average molecular weight is 408 g/mol. The molecular formula is C23H25N3O2S. The SMILES string of the molecule is CCc1ccc(C(=O)[C@H](C([S-])=NCc2ccco2)[n+]2ccc(N(C)C)cc2)cc1. The Bertz CT molecular complexity index is 962. The Morgan fingerprint density at radius 3 is 2.38 bits per heavy atom. The van der Waals surface area contributed by atoms with E-state index in [0.29, 0.717) is 22.9 Å². The summed E-state index contributed by atoms with van der Waals surface area (Å²) < 4.78 is 7.15. The predicted molar refractivity (Wildman–Crippen MR) is 117 cm³/mol. The zero-order valence-corrected chi connectivity index (χ0v) is 17.7. The molecule has 0 aliphatic heterocycles. The Balaban J connectivity index is 1.95. The van der Waals surface area contributed by atoms with Crippen LogP contribution in [0.4, 0.5) is 5.69 Å². The molecule has 0 N–H and O–H groups in total. The van der Waals surface area contributed by atoms with E-state index >= 15 is 0 Å². The van der Waals surface area contributed by atoms with Crippen molar-refractivity contribution in [2.75, 3.05) is 19.0 Å². The number of anilines is 1. The van der Waals surface area contributed by atoms with Gasteiger partial charge in [-0.1, -0.05) is 31.2 Å². The summed E-state index contributed by atoms with van der Waals surface area (Å²) >= 11 is 5.58. The van der Waals surface area contributed by atoms with Crippen molar-refractivity contribution in [3.05, 3.63) is 84.1 Å². The smallest absolute Gasteiger partial charge is 0.237 e. The molecule has 0 aliphatic carbocycles. The molecule has 2 aromatic heterocycles. The van der Waals surface area contributed by atoms with Crippen molar-refractivity contribution in [1.82, 2.24) is 0 Å². The van der Waals surface area contributed by atoms with Gasteiger partial charge >= 0.3 is 0 Å². The fourth-order valence-electron chi connectivity index (χ4n) is 2.98. The third kappa shape index (κ3) is 5.09. The van der Waals surface area contributed by atoms with E-state index in [1.807, 2.05) is 78.4 Å². The Morgan fingerprint density at radius 2 is 1.83 bits per heavy atom. The highest BCUT2D eigenvalue weighted by molar-refractivity contribution is 7.77. The summed E-state index contributed by atoms with van der Waals surface area (Å²) in [6, 6.07) is 14.5. The maximum absolute atomic E-state index is 13.4. The zero-order valence-electron chi connectivity index (χ0n) is 16.9. The number of benzene rings is 1. The molecule has 1 atom stereocenters. The highest BCUT2D eigenvalue weighted by atomic mass is 32.1. The molecule has 150 valence electrons. The third-order valence-corrected chi connectivity index (χ3v) is 5.10. The summed E-state index contributed by atoms with van der Waals surface area (Å²) in [5.74, 6) is 0.627. The zero-order chi connectivity index (χ0) is 20.8. The monoisotopic (exact) mass is 407 g/mol. The van der Waals surface area contributed by atoms with Crippen LogP contribution in [-0.2, 0) is 25.6 Å². The van der Waals surface area contributed by atoms with Gasteiger partial charge in [-0.15, -0.1) is 0 Å². The van der Waals surface area contributed by atoms with Gasteiger partial charge in [0.25, 0.3) is 0 Å². The van der Waals surface area contributed by atoms with E-state index < -0.39 is 6.04 Å². The van der Waals surface area contributed by atoms with E-state index in [2.05, 4.69) is 11.9 Å². The molecule has 0 saturated carbocycles. The number of nitrogens with zero attached hydrogens (tertiary/aromatic N) is 3. The standard InChI is InChI=1S/C23H25N3O2S/c1-4-17-7-9-18(10-8-17)22(27)21(23(29)24-16-20-6-5-15-28-20)26-13-11-19(12-14-26)25(2)3/h5-15,21H,4,16H2,1-3H3/t21-/m1/s1. The number of aromatic nitrogens is 1. The first-order chi connectivity index (χ1) is 14.0. The minimum Gasteiger partial charge on any atom is -0.758 e. The van der Waals surface area contributed by atoms with Gasteiger partial charge in [-0.2, -0.15) is 4.57 Å². The summed E-state index contributed by atoms with van der Waals surface area (Å²) in [4.78, 5) is 19.8. The number of Topliss-reactive ketones (excluding diaryl/α,β-unsaturated/α-hetero) is 1. The summed E-state index contributed by atoms with van der Waals surface area (Å²) in [6.07, 6.45) is 6.26. The fourth-order valence-corrected chi connectivity index (χ4v) is 3.28. The fraction of sp³-hybridized carbons (Fsp3) is 0.261.